The number of rotatable bonds is 4. The molecule has 1 fully saturated rings. The molecule has 1 aromatic rings. The maximum Gasteiger partial charge on any atom is 0.251 e. The lowest BCUT2D eigenvalue weighted by Gasteiger charge is -2.49. The molecule has 2 rings (SSSR count). The Morgan fingerprint density at radius 3 is 2.43 bits per heavy atom. The third-order valence-corrected chi connectivity index (χ3v) is 4.31. The van der Waals surface area contributed by atoms with E-state index in [0.717, 1.165) is 0 Å². The van der Waals surface area contributed by atoms with E-state index in [1.165, 1.54) is 0 Å². The fraction of sp³-hybridized carbons (Fsp3) is 0.500. The topological polar surface area (TPSA) is 78.4 Å². The van der Waals surface area contributed by atoms with Crippen molar-refractivity contribution in [1.29, 1.82) is 0 Å². The Hall–Kier alpha value is -1.88. The van der Waals surface area contributed by atoms with Gasteiger partial charge in [0, 0.05) is 17.0 Å². The van der Waals surface area contributed by atoms with Gasteiger partial charge >= 0.3 is 0 Å². The Labute approximate surface area is 124 Å². The van der Waals surface area contributed by atoms with E-state index in [9.17, 15) is 14.7 Å². The fourth-order valence-corrected chi connectivity index (χ4v) is 2.38. The van der Waals surface area contributed by atoms with Crippen molar-refractivity contribution in [2.45, 2.75) is 45.4 Å². The number of carbonyl (C=O) groups is 2. The highest BCUT2D eigenvalue weighted by atomic mass is 16.3. The average molecular weight is 290 g/mol. The molecule has 3 N–H and O–H groups in total. The monoisotopic (exact) mass is 290 g/mol. The maximum absolute atomic E-state index is 12.1. The zero-order valence-electron chi connectivity index (χ0n) is 12.6. The largest absolute Gasteiger partial charge is 0.392 e. The number of benzene rings is 1. The summed E-state index contributed by atoms with van der Waals surface area (Å²) < 4.78 is 0. The molecule has 1 aliphatic rings. The zero-order chi connectivity index (χ0) is 15.6. The van der Waals surface area contributed by atoms with E-state index < -0.39 is 12.1 Å². The van der Waals surface area contributed by atoms with Gasteiger partial charge in [-0.2, -0.15) is 0 Å². The van der Waals surface area contributed by atoms with Crippen molar-refractivity contribution in [2.24, 2.45) is 5.41 Å². The van der Waals surface area contributed by atoms with Crippen LogP contribution in [0.15, 0.2) is 30.3 Å². The molecule has 0 heterocycles. The van der Waals surface area contributed by atoms with Gasteiger partial charge in [0.15, 0.2) is 0 Å². The minimum Gasteiger partial charge on any atom is -0.392 e. The fourth-order valence-electron chi connectivity index (χ4n) is 2.38. The summed E-state index contributed by atoms with van der Waals surface area (Å²) in [5, 5.41) is 15.2. The third kappa shape index (κ3) is 3.24. The van der Waals surface area contributed by atoms with E-state index in [0.29, 0.717) is 12.0 Å². The van der Waals surface area contributed by atoms with Crippen LogP contribution in [0.4, 0.5) is 0 Å². The first-order chi connectivity index (χ1) is 9.82. The Kier molecular flexibility index (Phi) is 4.32. The van der Waals surface area contributed by atoms with E-state index in [4.69, 9.17) is 0 Å². The van der Waals surface area contributed by atoms with Crippen molar-refractivity contribution in [3.63, 3.8) is 0 Å². The lowest BCUT2D eigenvalue weighted by atomic mass is 9.64. The van der Waals surface area contributed by atoms with E-state index in [-0.39, 0.29) is 23.3 Å². The molecule has 3 unspecified atom stereocenters. The summed E-state index contributed by atoms with van der Waals surface area (Å²) in [5.74, 6) is -0.504. The van der Waals surface area contributed by atoms with E-state index in [2.05, 4.69) is 10.6 Å². The SMILES string of the molecule is CC(NC(=O)c1ccccc1)C(=O)NC1CC(O)C1(C)C. The Balaban J connectivity index is 1.88. The van der Waals surface area contributed by atoms with Gasteiger partial charge in [0.2, 0.25) is 5.91 Å². The quantitative estimate of drug-likeness (QED) is 0.776. The molecule has 0 radical (unpaired) electrons. The molecule has 21 heavy (non-hydrogen) atoms. The van der Waals surface area contributed by atoms with Crippen molar-refractivity contribution >= 4 is 11.8 Å². The van der Waals surface area contributed by atoms with Crippen LogP contribution in [-0.4, -0.2) is 35.1 Å². The summed E-state index contributed by atoms with van der Waals surface area (Å²) in [6.07, 6.45) is 0.162. The molecule has 1 saturated carbocycles. The first kappa shape index (κ1) is 15.5. The summed E-state index contributed by atoms with van der Waals surface area (Å²) >= 11 is 0. The van der Waals surface area contributed by atoms with Crippen LogP contribution in [-0.2, 0) is 4.79 Å². The van der Waals surface area contributed by atoms with E-state index >= 15 is 0 Å². The minimum atomic E-state index is -0.619. The number of aliphatic hydroxyl groups is 1. The molecule has 5 heteroatoms. The van der Waals surface area contributed by atoms with Crippen LogP contribution in [0.2, 0.25) is 0 Å². The van der Waals surface area contributed by atoms with Crippen LogP contribution in [0.5, 0.6) is 0 Å². The van der Waals surface area contributed by atoms with Crippen LogP contribution in [0.1, 0.15) is 37.6 Å². The predicted octanol–water partition coefficient (Wildman–Crippen LogP) is 1.08. The first-order valence-corrected chi connectivity index (χ1v) is 7.16. The van der Waals surface area contributed by atoms with Crippen molar-refractivity contribution in [3.05, 3.63) is 35.9 Å². The predicted molar refractivity (Wildman–Crippen MR) is 79.7 cm³/mol. The van der Waals surface area contributed by atoms with Gasteiger partial charge in [-0.1, -0.05) is 32.0 Å². The normalized spacial score (nSPS) is 24.6. The standard InChI is InChI=1S/C16H22N2O3/c1-10(17-15(21)11-7-5-4-6-8-11)14(20)18-12-9-13(19)16(12,2)3/h4-8,10,12-13,19H,9H2,1-3H3,(H,17,21)(H,18,20). The molecule has 5 nitrogen and oxygen atoms in total. The Bertz CT molecular complexity index is 528. The van der Waals surface area contributed by atoms with Gasteiger partial charge < -0.3 is 15.7 Å². The Morgan fingerprint density at radius 1 is 1.29 bits per heavy atom. The summed E-state index contributed by atoms with van der Waals surface area (Å²) in [5.41, 5.74) is 0.204. The molecule has 1 aliphatic carbocycles. The van der Waals surface area contributed by atoms with Gasteiger partial charge in [0.1, 0.15) is 6.04 Å². The maximum atomic E-state index is 12.1. The molecular weight excluding hydrogens is 268 g/mol. The molecule has 114 valence electrons. The Morgan fingerprint density at radius 2 is 1.90 bits per heavy atom. The van der Waals surface area contributed by atoms with Crippen LogP contribution >= 0.6 is 0 Å². The average Bonchev–Trinajstić information content (AvgIpc) is 2.47. The third-order valence-electron chi connectivity index (χ3n) is 4.31. The second kappa shape index (κ2) is 5.85. The zero-order valence-corrected chi connectivity index (χ0v) is 12.6. The minimum absolute atomic E-state index is 0.0592. The molecule has 2 amide bonds. The molecule has 0 saturated heterocycles. The van der Waals surface area contributed by atoms with Gasteiger partial charge in [-0.3, -0.25) is 9.59 Å². The first-order valence-electron chi connectivity index (χ1n) is 7.16. The highest BCUT2D eigenvalue weighted by Crippen LogP contribution is 2.40. The molecule has 0 bridgehead atoms. The van der Waals surface area contributed by atoms with Crippen LogP contribution in [0.25, 0.3) is 0 Å². The second-order valence-electron chi connectivity index (χ2n) is 6.20. The smallest absolute Gasteiger partial charge is 0.251 e. The highest BCUT2D eigenvalue weighted by molar-refractivity contribution is 5.97. The van der Waals surface area contributed by atoms with Crippen LogP contribution in [0.3, 0.4) is 0 Å². The van der Waals surface area contributed by atoms with Gasteiger partial charge in [-0.15, -0.1) is 0 Å². The number of hydrogen-bond donors (Lipinski definition) is 3. The van der Waals surface area contributed by atoms with Crippen LogP contribution < -0.4 is 10.6 Å². The lowest BCUT2D eigenvalue weighted by Crippen LogP contribution is -2.63. The van der Waals surface area contributed by atoms with Crippen molar-refractivity contribution in [3.8, 4) is 0 Å². The van der Waals surface area contributed by atoms with E-state index in [1.807, 2.05) is 19.9 Å². The van der Waals surface area contributed by atoms with E-state index in [1.54, 1.807) is 31.2 Å². The molecule has 0 spiro atoms. The number of carbonyl (C=O) groups excluding carboxylic acids is 2. The lowest BCUT2D eigenvalue weighted by molar-refractivity contribution is -0.130. The summed E-state index contributed by atoms with van der Waals surface area (Å²) in [6.45, 7) is 5.48. The molecule has 1 aromatic carbocycles. The van der Waals surface area contributed by atoms with Gasteiger partial charge in [0.25, 0.3) is 5.91 Å². The molecular formula is C16H22N2O3. The summed E-state index contributed by atoms with van der Waals surface area (Å²) in [6, 6.07) is 8.10. The van der Waals surface area contributed by atoms with Crippen LogP contribution in [0, 0.1) is 5.41 Å². The highest BCUT2D eigenvalue weighted by Gasteiger charge is 2.48. The van der Waals surface area contributed by atoms with Crippen molar-refractivity contribution in [2.75, 3.05) is 0 Å². The summed E-state index contributed by atoms with van der Waals surface area (Å²) in [4.78, 5) is 24.1. The van der Waals surface area contributed by atoms with Gasteiger partial charge in [0.05, 0.1) is 6.10 Å². The van der Waals surface area contributed by atoms with Gasteiger partial charge in [-0.05, 0) is 25.5 Å². The number of hydrogen-bond acceptors (Lipinski definition) is 3. The number of amides is 2. The van der Waals surface area contributed by atoms with Gasteiger partial charge in [-0.25, -0.2) is 0 Å². The molecule has 3 atom stereocenters. The second-order valence-corrected chi connectivity index (χ2v) is 6.20. The van der Waals surface area contributed by atoms with Crippen molar-refractivity contribution < 1.29 is 14.7 Å². The molecule has 0 aliphatic heterocycles. The van der Waals surface area contributed by atoms with Crippen molar-refractivity contribution in [1.82, 2.24) is 10.6 Å². The number of nitrogens with one attached hydrogen (secondary N) is 2. The number of aliphatic hydroxyl groups excluding tert-OH is 1. The summed E-state index contributed by atoms with van der Waals surface area (Å²) in [7, 11) is 0. The molecule has 0 aromatic heterocycles.